The molecule has 3 rings (SSSR count). The molecule has 0 unspecified atom stereocenters. The van der Waals surface area contributed by atoms with Gasteiger partial charge in [-0.25, -0.2) is 10.8 Å². The third kappa shape index (κ3) is 2.61. The average Bonchev–Trinajstić information content (AvgIpc) is 2.51. The first kappa shape index (κ1) is 13.6. The SMILES string of the molecule is Cc1c(Cl)cccc1Nc1nc(NN)nc2ccccc12. The van der Waals surface area contributed by atoms with E-state index >= 15 is 0 Å². The van der Waals surface area contributed by atoms with E-state index in [9.17, 15) is 0 Å². The van der Waals surface area contributed by atoms with Gasteiger partial charge in [0.25, 0.3) is 0 Å². The van der Waals surface area contributed by atoms with Gasteiger partial charge in [0, 0.05) is 16.1 Å². The molecule has 1 heterocycles. The number of nitrogens with one attached hydrogen (secondary N) is 2. The van der Waals surface area contributed by atoms with Crippen molar-refractivity contribution in [3.8, 4) is 0 Å². The highest BCUT2D eigenvalue weighted by atomic mass is 35.5. The van der Waals surface area contributed by atoms with Gasteiger partial charge in [0.1, 0.15) is 5.82 Å². The summed E-state index contributed by atoms with van der Waals surface area (Å²) in [6, 6.07) is 13.4. The first-order valence-corrected chi connectivity index (χ1v) is 6.82. The van der Waals surface area contributed by atoms with Crippen LogP contribution in [0.25, 0.3) is 10.9 Å². The molecule has 0 amide bonds. The molecule has 0 radical (unpaired) electrons. The van der Waals surface area contributed by atoms with E-state index in [2.05, 4.69) is 20.7 Å². The van der Waals surface area contributed by atoms with Crippen molar-refractivity contribution < 1.29 is 0 Å². The van der Waals surface area contributed by atoms with Crippen LogP contribution in [0.4, 0.5) is 17.5 Å². The van der Waals surface area contributed by atoms with Crippen molar-refractivity contribution in [2.75, 3.05) is 10.7 Å². The molecule has 0 fully saturated rings. The second-order valence-electron chi connectivity index (χ2n) is 4.59. The van der Waals surface area contributed by atoms with Crippen LogP contribution in [0.15, 0.2) is 42.5 Å². The molecule has 6 heteroatoms. The number of halogens is 1. The van der Waals surface area contributed by atoms with Crippen LogP contribution in [-0.2, 0) is 0 Å². The molecule has 0 spiro atoms. The van der Waals surface area contributed by atoms with Gasteiger partial charge in [-0.3, -0.25) is 5.43 Å². The van der Waals surface area contributed by atoms with E-state index in [1.54, 1.807) is 0 Å². The van der Waals surface area contributed by atoms with Gasteiger partial charge in [-0.15, -0.1) is 0 Å². The van der Waals surface area contributed by atoms with E-state index in [0.29, 0.717) is 16.8 Å². The molecule has 21 heavy (non-hydrogen) atoms. The fraction of sp³-hybridized carbons (Fsp3) is 0.0667. The number of benzene rings is 2. The van der Waals surface area contributed by atoms with E-state index < -0.39 is 0 Å². The summed E-state index contributed by atoms with van der Waals surface area (Å²) in [5.74, 6) is 6.47. The summed E-state index contributed by atoms with van der Waals surface area (Å²) in [6.07, 6.45) is 0. The van der Waals surface area contributed by atoms with Gasteiger partial charge in [-0.2, -0.15) is 4.98 Å². The number of anilines is 3. The first-order valence-electron chi connectivity index (χ1n) is 6.44. The van der Waals surface area contributed by atoms with Gasteiger partial charge < -0.3 is 5.32 Å². The minimum atomic E-state index is 0.357. The summed E-state index contributed by atoms with van der Waals surface area (Å²) >= 11 is 6.15. The molecule has 2 aromatic carbocycles. The highest BCUT2D eigenvalue weighted by Crippen LogP contribution is 2.29. The normalized spacial score (nSPS) is 10.6. The number of hydrogen-bond donors (Lipinski definition) is 3. The predicted octanol–water partition coefficient (Wildman–Crippen LogP) is 3.62. The number of rotatable bonds is 3. The van der Waals surface area contributed by atoms with Crippen molar-refractivity contribution in [2.24, 2.45) is 5.84 Å². The van der Waals surface area contributed by atoms with Crippen molar-refractivity contribution in [2.45, 2.75) is 6.92 Å². The molecular formula is C15H14ClN5. The van der Waals surface area contributed by atoms with Gasteiger partial charge in [0.15, 0.2) is 0 Å². The molecule has 5 nitrogen and oxygen atoms in total. The maximum Gasteiger partial charge on any atom is 0.239 e. The number of para-hydroxylation sites is 1. The maximum absolute atomic E-state index is 6.15. The second-order valence-corrected chi connectivity index (χ2v) is 5.00. The lowest BCUT2D eigenvalue weighted by atomic mass is 10.2. The van der Waals surface area contributed by atoms with Crippen LogP contribution >= 0.6 is 11.6 Å². The Morgan fingerprint density at radius 1 is 1.05 bits per heavy atom. The summed E-state index contributed by atoms with van der Waals surface area (Å²) in [4.78, 5) is 8.71. The van der Waals surface area contributed by atoms with Crippen molar-refractivity contribution in [3.05, 3.63) is 53.1 Å². The lowest BCUT2D eigenvalue weighted by molar-refractivity contribution is 1.15. The smallest absolute Gasteiger partial charge is 0.239 e. The molecule has 0 aliphatic carbocycles. The van der Waals surface area contributed by atoms with Crippen LogP contribution < -0.4 is 16.6 Å². The first-order chi connectivity index (χ1) is 10.2. The van der Waals surface area contributed by atoms with Crippen LogP contribution in [0.1, 0.15) is 5.56 Å². The predicted molar refractivity (Wildman–Crippen MR) is 86.8 cm³/mol. The molecule has 0 bridgehead atoms. The Kier molecular flexibility index (Phi) is 3.60. The third-order valence-corrected chi connectivity index (χ3v) is 3.66. The lowest BCUT2D eigenvalue weighted by Crippen LogP contribution is -2.11. The molecule has 3 aromatic rings. The van der Waals surface area contributed by atoms with Crippen molar-refractivity contribution in [1.82, 2.24) is 9.97 Å². The minimum Gasteiger partial charge on any atom is -0.339 e. The highest BCUT2D eigenvalue weighted by molar-refractivity contribution is 6.31. The number of hydrogen-bond acceptors (Lipinski definition) is 5. The Labute approximate surface area is 127 Å². The Balaban J connectivity index is 2.13. The van der Waals surface area contributed by atoms with Crippen LogP contribution in [0.3, 0.4) is 0 Å². The van der Waals surface area contributed by atoms with Gasteiger partial charge >= 0.3 is 0 Å². The minimum absolute atomic E-state index is 0.357. The van der Waals surface area contributed by atoms with E-state index in [1.165, 1.54) is 0 Å². The summed E-state index contributed by atoms with van der Waals surface area (Å²) in [6.45, 7) is 1.95. The summed E-state index contributed by atoms with van der Waals surface area (Å²) in [5, 5.41) is 4.92. The van der Waals surface area contributed by atoms with Gasteiger partial charge in [0.05, 0.1) is 5.52 Å². The third-order valence-electron chi connectivity index (χ3n) is 3.25. The fourth-order valence-electron chi connectivity index (χ4n) is 2.11. The largest absolute Gasteiger partial charge is 0.339 e. The molecule has 106 valence electrons. The van der Waals surface area contributed by atoms with Gasteiger partial charge in [0.2, 0.25) is 5.95 Å². The molecule has 0 aliphatic heterocycles. The summed E-state index contributed by atoms with van der Waals surface area (Å²) in [5.41, 5.74) is 5.15. The number of nitrogens with two attached hydrogens (primary N) is 1. The average molecular weight is 300 g/mol. The van der Waals surface area contributed by atoms with E-state index in [0.717, 1.165) is 22.2 Å². The quantitative estimate of drug-likeness (QED) is 0.509. The number of hydrazine groups is 1. The lowest BCUT2D eigenvalue weighted by Gasteiger charge is -2.13. The molecule has 1 aromatic heterocycles. The Morgan fingerprint density at radius 3 is 2.67 bits per heavy atom. The zero-order valence-electron chi connectivity index (χ0n) is 11.4. The summed E-state index contributed by atoms with van der Waals surface area (Å²) < 4.78 is 0. The molecule has 0 saturated heterocycles. The van der Waals surface area contributed by atoms with Crippen molar-refractivity contribution >= 4 is 40.0 Å². The summed E-state index contributed by atoms with van der Waals surface area (Å²) in [7, 11) is 0. The van der Waals surface area contributed by atoms with Gasteiger partial charge in [-0.05, 0) is 36.8 Å². The molecule has 0 atom stereocenters. The monoisotopic (exact) mass is 299 g/mol. The van der Waals surface area contributed by atoms with Crippen LogP contribution in [0, 0.1) is 6.92 Å². The van der Waals surface area contributed by atoms with Gasteiger partial charge in [-0.1, -0.05) is 29.8 Å². The Bertz CT molecular complexity index is 803. The van der Waals surface area contributed by atoms with Crippen LogP contribution in [-0.4, -0.2) is 9.97 Å². The zero-order chi connectivity index (χ0) is 14.8. The van der Waals surface area contributed by atoms with Crippen molar-refractivity contribution in [3.63, 3.8) is 0 Å². The van der Waals surface area contributed by atoms with E-state index in [4.69, 9.17) is 17.4 Å². The van der Waals surface area contributed by atoms with E-state index in [-0.39, 0.29) is 0 Å². The molecule has 0 aliphatic rings. The number of nitrogen functional groups attached to an aromatic ring is 1. The fourth-order valence-corrected chi connectivity index (χ4v) is 2.28. The highest BCUT2D eigenvalue weighted by Gasteiger charge is 2.09. The molecular weight excluding hydrogens is 286 g/mol. The molecule has 4 N–H and O–H groups in total. The Hall–Kier alpha value is -2.37. The Morgan fingerprint density at radius 2 is 1.86 bits per heavy atom. The van der Waals surface area contributed by atoms with Crippen molar-refractivity contribution in [1.29, 1.82) is 0 Å². The second kappa shape index (κ2) is 5.55. The number of fused-ring (bicyclic) bond motifs is 1. The number of nitrogens with zero attached hydrogens (tertiary/aromatic N) is 2. The van der Waals surface area contributed by atoms with Crippen LogP contribution in [0.5, 0.6) is 0 Å². The standard InChI is InChI=1S/C15H14ClN5/c1-9-11(16)6-4-8-12(9)18-14-10-5-2-3-7-13(10)19-15(20-14)21-17/h2-8H,17H2,1H3,(H2,18,19,20,21). The zero-order valence-corrected chi connectivity index (χ0v) is 12.1. The molecule has 0 saturated carbocycles. The maximum atomic E-state index is 6.15. The van der Waals surface area contributed by atoms with E-state index in [1.807, 2.05) is 49.4 Å². The number of aromatic nitrogens is 2. The van der Waals surface area contributed by atoms with Crippen LogP contribution in [0.2, 0.25) is 5.02 Å². The topological polar surface area (TPSA) is 75.9 Å².